The zero-order valence-electron chi connectivity index (χ0n) is 25.1. The molecule has 2 aliphatic carbocycles. The van der Waals surface area contributed by atoms with Crippen LogP contribution in [0.4, 0.5) is 0 Å². The van der Waals surface area contributed by atoms with Crippen molar-refractivity contribution in [2.24, 2.45) is 0 Å². The van der Waals surface area contributed by atoms with Crippen molar-refractivity contribution in [1.29, 1.82) is 0 Å². The topological polar surface area (TPSA) is 35.5 Å². The predicted octanol–water partition coefficient (Wildman–Crippen LogP) is 9.86. The molecule has 0 unspecified atom stereocenters. The fourth-order valence-corrected chi connectivity index (χ4v) is 4.76. The zero-order chi connectivity index (χ0) is 29.2. The molecule has 0 aliphatic heterocycles. The second kappa shape index (κ2) is 20.4. The number of hydrogen-bond acceptors (Lipinski definition) is 3. The Kier molecular flexibility index (Phi) is 16.6. The first-order chi connectivity index (χ1) is 20.7. The van der Waals surface area contributed by atoms with Crippen molar-refractivity contribution >= 4 is 5.97 Å². The van der Waals surface area contributed by atoms with Gasteiger partial charge in [-0.1, -0.05) is 88.3 Å². The molecule has 0 N–H and O–H groups in total. The van der Waals surface area contributed by atoms with Gasteiger partial charge in [0.2, 0.25) is 0 Å². The Balaban J connectivity index is 0.000000765. The maximum atomic E-state index is 12.7. The van der Waals surface area contributed by atoms with Crippen molar-refractivity contribution < 1.29 is 31.3 Å². The summed E-state index contributed by atoms with van der Waals surface area (Å²) in [5.74, 6) is 2.15. The molecule has 43 heavy (non-hydrogen) atoms. The molecule has 3 aromatic carbocycles. The van der Waals surface area contributed by atoms with Crippen LogP contribution in [0.2, 0.25) is 0 Å². The van der Waals surface area contributed by atoms with E-state index in [0.717, 1.165) is 41.4 Å². The molecule has 0 aromatic heterocycles. The third kappa shape index (κ3) is 12.5. The minimum absolute atomic E-state index is 0. The molecular weight excluding hydrogens is 572 g/mol. The van der Waals surface area contributed by atoms with Gasteiger partial charge in [-0.15, -0.1) is 0 Å². The van der Waals surface area contributed by atoms with Gasteiger partial charge in [0.25, 0.3) is 0 Å². The predicted molar refractivity (Wildman–Crippen MR) is 172 cm³/mol. The molecule has 0 saturated heterocycles. The smallest absolute Gasteiger partial charge is 0.494 e. The number of unbranched alkanes of at least 4 members (excludes halogenated alkanes) is 7. The van der Waals surface area contributed by atoms with E-state index in [1.54, 1.807) is 6.07 Å². The van der Waals surface area contributed by atoms with Crippen LogP contribution in [0.3, 0.4) is 0 Å². The first kappa shape index (κ1) is 34.9. The van der Waals surface area contributed by atoms with Crippen LogP contribution in [0.25, 0.3) is 11.1 Å². The largest absolute Gasteiger partial charge is 2.00 e. The van der Waals surface area contributed by atoms with Crippen LogP contribution in [-0.2, 0) is 17.1 Å². The van der Waals surface area contributed by atoms with Gasteiger partial charge in [0.1, 0.15) is 11.5 Å². The van der Waals surface area contributed by atoms with Crippen LogP contribution in [0.15, 0.2) is 72.8 Å². The minimum atomic E-state index is -0.362. The Morgan fingerprint density at radius 2 is 1.12 bits per heavy atom. The van der Waals surface area contributed by atoms with Crippen LogP contribution in [0.1, 0.15) is 74.2 Å². The third-order valence-corrected chi connectivity index (χ3v) is 7.17. The minimum Gasteiger partial charge on any atom is -0.494 e. The molecule has 0 bridgehead atoms. The van der Waals surface area contributed by atoms with Crippen molar-refractivity contribution in [1.82, 2.24) is 0 Å². The van der Waals surface area contributed by atoms with Gasteiger partial charge in [-0.2, -0.15) is 0 Å². The number of rotatable bonds is 14. The van der Waals surface area contributed by atoms with E-state index < -0.39 is 0 Å². The molecular formula is C39H42FeO3+2. The molecule has 5 rings (SSSR count). The van der Waals surface area contributed by atoms with E-state index in [0.29, 0.717) is 11.3 Å². The van der Waals surface area contributed by atoms with E-state index in [1.807, 2.05) is 112 Å². The van der Waals surface area contributed by atoms with Crippen molar-refractivity contribution in [2.45, 2.75) is 58.3 Å². The molecule has 0 amide bonds. The van der Waals surface area contributed by atoms with Crippen LogP contribution < -0.4 is 9.47 Å². The summed E-state index contributed by atoms with van der Waals surface area (Å²) in [6.07, 6.45) is 28.4. The summed E-state index contributed by atoms with van der Waals surface area (Å²) < 4.78 is 11.5. The van der Waals surface area contributed by atoms with E-state index in [-0.39, 0.29) is 23.0 Å². The summed E-state index contributed by atoms with van der Waals surface area (Å²) in [5.41, 5.74) is 3.69. The average Bonchev–Trinajstić information content (AvgIpc) is 3.79. The number of carbonyl (C=O) groups is 1. The van der Waals surface area contributed by atoms with Gasteiger partial charge in [-0.25, -0.2) is 4.79 Å². The van der Waals surface area contributed by atoms with E-state index in [2.05, 4.69) is 19.1 Å². The van der Waals surface area contributed by atoms with Gasteiger partial charge in [0.05, 0.1) is 12.2 Å². The molecule has 3 nitrogen and oxygen atoms in total. The summed E-state index contributed by atoms with van der Waals surface area (Å²) in [6, 6.07) is 23.3. The molecule has 2 saturated carbocycles. The van der Waals surface area contributed by atoms with Gasteiger partial charge in [-0.05, 0) is 117 Å². The average molecular weight is 615 g/mol. The number of esters is 1. The second-order valence-corrected chi connectivity index (χ2v) is 10.5. The summed E-state index contributed by atoms with van der Waals surface area (Å²) in [6.45, 7) is 3.02. The quantitative estimate of drug-likeness (QED) is 0.0785. The molecule has 222 valence electrons. The standard InChI is InChI=1S/C34H37O3.C5H5.Fe/c1-2-3-4-5-6-7-8-11-25-36-32-21-17-28(18-22-32)29-19-23-33(24-20-29)37-34(35)31-16-12-15-30(26-31)27-13-9-10-14-27;1-2-4-5-3-1;/h9-10,12-24,26H,2-8,11,25H2,1H3;1-5H;/q;;+2. The number of benzene rings is 3. The van der Waals surface area contributed by atoms with Crippen LogP contribution in [-0.4, -0.2) is 12.6 Å². The molecule has 0 spiro atoms. The van der Waals surface area contributed by atoms with Crippen molar-refractivity contribution in [3.05, 3.63) is 148 Å². The molecule has 2 aliphatic rings. The summed E-state index contributed by atoms with van der Waals surface area (Å²) in [4.78, 5) is 12.7. The second-order valence-electron chi connectivity index (χ2n) is 10.5. The SMILES string of the molecule is CCCCCCCCCCOc1ccc(-c2ccc(OC(=O)c3cccc([C]4[CH][CH][CH][CH]4)c3)cc2)cc1.[CH]1[CH][CH][CH][CH]1.[Fe+2]. The Morgan fingerprint density at radius 3 is 1.70 bits per heavy atom. The molecule has 3 aromatic rings. The maximum absolute atomic E-state index is 12.7. The Hall–Kier alpha value is -2.55. The Morgan fingerprint density at radius 1 is 0.581 bits per heavy atom. The van der Waals surface area contributed by atoms with Gasteiger partial charge in [0, 0.05) is 5.92 Å². The number of hydrogen-bond donors (Lipinski definition) is 0. The van der Waals surface area contributed by atoms with E-state index in [4.69, 9.17) is 9.47 Å². The van der Waals surface area contributed by atoms with Crippen molar-refractivity contribution in [3.8, 4) is 22.6 Å². The molecule has 0 atom stereocenters. The summed E-state index contributed by atoms with van der Waals surface area (Å²) >= 11 is 0. The van der Waals surface area contributed by atoms with Crippen LogP contribution in [0, 0.1) is 63.7 Å². The molecule has 4 heteroatoms. The fraction of sp³-hybridized carbons (Fsp3) is 0.256. The van der Waals surface area contributed by atoms with E-state index in [9.17, 15) is 4.79 Å². The van der Waals surface area contributed by atoms with Crippen LogP contribution >= 0.6 is 0 Å². The van der Waals surface area contributed by atoms with Gasteiger partial charge >= 0.3 is 23.0 Å². The van der Waals surface area contributed by atoms with Gasteiger partial charge < -0.3 is 9.47 Å². The third-order valence-electron chi connectivity index (χ3n) is 7.17. The first-order valence-corrected chi connectivity index (χ1v) is 15.3. The van der Waals surface area contributed by atoms with E-state index in [1.165, 1.54) is 44.9 Å². The number of ether oxygens (including phenoxy) is 2. The van der Waals surface area contributed by atoms with Crippen LogP contribution in [0.5, 0.6) is 11.5 Å². The molecule has 0 heterocycles. The Bertz CT molecular complexity index is 1150. The van der Waals surface area contributed by atoms with Crippen molar-refractivity contribution in [3.63, 3.8) is 0 Å². The van der Waals surface area contributed by atoms with Gasteiger partial charge in [0.15, 0.2) is 0 Å². The van der Waals surface area contributed by atoms with E-state index >= 15 is 0 Å². The summed E-state index contributed by atoms with van der Waals surface area (Å²) in [7, 11) is 0. The molecule has 2 fully saturated rings. The zero-order valence-corrected chi connectivity index (χ0v) is 26.2. The molecule has 10 radical (unpaired) electrons. The monoisotopic (exact) mass is 614 g/mol. The summed E-state index contributed by atoms with van der Waals surface area (Å²) in [5, 5.41) is 0. The van der Waals surface area contributed by atoms with Gasteiger partial charge in [-0.3, -0.25) is 0 Å². The number of carbonyl (C=O) groups excluding carboxylic acids is 1. The maximum Gasteiger partial charge on any atom is 2.00 e. The normalized spacial score (nSPS) is 14.4. The Labute approximate surface area is 271 Å². The van der Waals surface area contributed by atoms with Crippen molar-refractivity contribution in [2.75, 3.05) is 6.61 Å². The fourth-order valence-electron chi connectivity index (χ4n) is 4.76. The first-order valence-electron chi connectivity index (χ1n) is 15.3.